The van der Waals surface area contributed by atoms with E-state index in [1.165, 1.54) is 0 Å². The molecule has 17 heavy (non-hydrogen) atoms. The van der Waals surface area contributed by atoms with E-state index in [0.717, 1.165) is 5.56 Å². The lowest BCUT2D eigenvalue weighted by Gasteiger charge is -2.09. The second kappa shape index (κ2) is 5.21. The number of benzene rings is 2. The molecule has 1 atom stereocenters. The zero-order valence-corrected chi connectivity index (χ0v) is 10.2. The number of para-hydroxylation sites is 1. The van der Waals surface area contributed by atoms with E-state index in [1.54, 1.807) is 13.0 Å². The van der Waals surface area contributed by atoms with Gasteiger partial charge in [-0.25, -0.2) is 0 Å². The summed E-state index contributed by atoms with van der Waals surface area (Å²) in [7, 11) is 0. The molecule has 0 spiro atoms. The summed E-state index contributed by atoms with van der Waals surface area (Å²) < 4.78 is 5.63. The number of hydrogen-bond donors (Lipinski definition) is 1. The van der Waals surface area contributed by atoms with Crippen LogP contribution >= 0.6 is 11.6 Å². The monoisotopic (exact) mass is 248 g/mol. The number of aliphatic hydroxyl groups is 1. The van der Waals surface area contributed by atoms with E-state index in [0.29, 0.717) is 16.5 Å². The summed E-state index contributed by atoms with van der Waals surface area (Å²) in [6, 6.07) is 14.6. The molecule has 3 heteroatoms. The summed E-state index contributed by atoms with van der Waals surface area (Å²) >= 11 is 5.99. The average Bonchev–Trinajstić information content (AvgIpc) is 2.33. The van der Waals surface area contributed by atoms with Crippen molar-refractivity contribution in [2.75, 3.05) is 0 Å². The molecule has 0 aliphatic carbocycles. The summed E-state index contributed by atoms with van der Waals surface area (Å²) in [4.78, 5) is 0. The molecule has 0 saturated heterocycles. The summed E-state index contributed by atoms with van der Waals surface area (Å²) in [5.74, 6) is 1.32. The predicted octanol–water partition coefficient (Wildman–Crippen LogP) is 4.19. The highest BCUT2D eigenvalue weighted by molar-refractivity contribution is 6.32. The average molecular weight is 249 g/mol. The van der Waals surface area contributed by atoms with Crippen molar-refractivity contribution in [1.82, 2.24) is 0 Å². The van der Waals surface area contributed by atoms with Gasteiger partial charge in [0.15, 0.2) is 0 Å². The minimum absolute atomic E-state index is 0.468. The summed E-state index contributed by atoms with van der Waals surface area (Å²) in [6.07, 6.45) is -0.468. The molecule has 2 nitrogen and oxygen atoms in total. The first-order valence-electron chi connectivity index (χ1n) is 5.37. The Kier molecular flexibility index (Phi) is 3.67. The van der Waals surface area contributed by atoms with E-state index >= 15 is 0 Å². The van der Waals surface area contributed by atoms with Gasteiger partial charge in [0.25, 0.3) is 0 Å². The fraction of sp³-hybridized carbons (Fsp3) is 0.143. The van der Waals surface area contributed by atoms with Gasteiger partial charge in [-0.15, -0.1) is 0 Å². The van der Waals surface area contributed by atoms with Gasteiger partial charge in [-0.1, -0.05) is 35.9 Å². The highest BCUT2D eigenvalue weighted by Crippen LogP contribution is 2.29. The van der Waals surface area contributed by atoms with E-state index in [9.17, 15) is 5.11 Å². The predicted molar refractivity (Wildman–Crippen MR) is 68.6 cm³/mol. The molecule has 0 radical (unpaired) electrons. The van der Waals surface area contributed by atoms with E-state index in [1.807, 2.05) is 42.5 Å². The first kappa shape index (κ1) is 12.0. The number of ether oxygens (including phenoxy) is 1. The maximum Gasteiger partial charge on any atom is 0.146 e. The Hall–Kier alpha value is -1.51. The minimum atomic E-state index is -0.468. The van der Waals surface area contributed by atoms with E-state index in [2.05, 4.69) is 0 Å². The molecule has 1 N–H and O–H groups in total. The molecule has 2 rings (SSSR count). The summed E-state index contributed by atoms with van der Waals surface area (Å²) in [6.45, 7) is 1.73. The van der Waals surface area contributed by atoms with Crippen molar-refractivity contribution >= 4 is 11.6 Å². The van der Waals surface area contributed by atoms with Gasteiger partial charge in [0.2, 0.25) is 0 Å². The van der Waals surface area contributed by atoms with Crippen LogP contribution in [0.25, 0.3) is 0 Å². The number of halogens is 1. The lowest BCUT2D eigenvalue weighted by molar-refractivity contribution is 0.199. The van der Waals surface area contributed by atoms with Crippen molar-refractivity contribution in [2.24, 2.45) is 0 Å². The Morgan fingerprint density at radius 3 is 2.29 bits per heavy atom. The van der Waals surface area contributed by atoms with Gasteiger partial charge in [-0.3, -0.25) is 0 Å². The van der Waals surface area contributed by atoms with Crippen LogP contribution in [0.1, 0.15) is 18.6 Å². The summed E-state index contributed by atoms with van der Waals surface area (Å²) in [5.41, 5.74) is 0.858. The fourth-order valence-corrected chi connectivity index (χ4v) is 1.64. The van der Waals surface area contributed by atoms with Crippen molar-refractivity contribution in [2.45, 2.75) is 13.0 Å². The van der Waals surface area contributed by atoms with Crippen LogP contribution < -0.4 is 4.74 Å². The van der Waals surface area contributed by atoms with Crippen molar-refractivity contribution in [3.63, 3.8) is 0 Å². The van der Waals surface area contributed by atoms with Crippen LogP contribution in [-0.4, -0.2) is 5.11 Å². The molecule has 88 valence electrons. The van der Waals surface area contributed by atoms with Crippen molar-refractivity contribution in [1.29, 1.82) is 0 Å². The molecule has 0 fully saturated rings. The molecule has 0 unspecified atom stereocenters. The van der Waals surface area contributed by atoms with E-state index in [4.69, 9.17) is 16.3 Å². The lowest BCUT2D eigenvalue weighted by Crippen LogP contribution is -1.91. The molecule has 0 bridgehead atoms. The third kappa shape index (κ3) is 2.99. The first-order valence-corrected chi connectivity index (χ1v) is 5.75. The van der Waals surface area contributed by atoms with E-state index in [-0.39, 0.29) is 0 Å². The fourth-order valence-electron chi connectivity index (χ4n) is 1.47. The van der Waals surface area contributed by atoms with Crippen LogP contribution in [0.2, 0.25) is 5.02 Å². The van der Waals surface area contributed by atoms with Gasteiger partial charge in [-0.05, 0) is 36.8 Å². The van der Waals surface area contributed by atoms with Gasteiger partial charge in [0.1, 0.15) is 11.5 Å². The van der Waals surface area contributed by atoms with Crippen LogP contribution in [-0.2, 0) is 0 Å². The van der Waals surface area contributed by atoms with Crippen LogP contribution in [0.4, 0.5) is 0 Å². The number of rotatable bonds is 3. The highest BCUT2D eigenvalue weighted by atomic mass is 35.5. The molecular formula is C14H13ClO2. The zero-order valence-electron chi connectivity index (χ0n) is 9.43. The normalized spacial score (nSPS) is 12.2. The maximum atomic E-state index is 9.39. The van der Waals surface area contributed by atoms with Crippen LogP contribution in [0, 0.1) is 0 Å². The van der Waals surface area contributed by atoms with Crippen LogP contribution in [0.5, 0.6) is 11.5 Å². The van der Waals surface area contributed by atoms with Gasteiger partial charge in [0.05, 0.1) is 11.1 Å². The first-order chi connectivity index (χ1) is 8.16. The Bertz CT molecular complexity index is 492. The Morgan fingerprint density at radius 1 is 1.06 bits per heavy atom. The molecule has 0 saturated carbocycles. The second-order valence-corrected chi connectivity index (χ2v) is 4.18. The van der Waals surface area contributed by atoms with Crippen molar-refractivity contribution < 1.29 is 9.84 Å². The third-order valence-electron chi connectivity index (χ3n) is 2.43. The Balaban J connectivity index is 2.17. The molecule has 0 amide bonds. The highest BCUT2D eigenvalue weighted by Gasteiger charge is 2.03. The maximum absolute atomic E-state index is 9.39. The van der Waals surface area contributed by atoms with Crippen molar-refractivity contribution in [3.05, 3.63) is 59.1 Å². The molecule has 2 aromatic rings. The van der Waals surface area contributed by atoms with E-state index < -0.39 is 6.10 Å². The van der Waals surface area contributed by atoms with Gasteiger partial charge >= 0.3 is 0 Å². The third-order valence-corrected chi connectivity index (χ3v) is 2.74. The molecular weight excluding hydrogens is 236 g/mol. The van der Waals surface area contributed by atoms with Gasteiger partial charge < -0.3 is 9.84 Å². The van der Waals surface area contributed by atoms with Crippen molar-refractivity contribution in [3.8, 4) is 11.5 Å². The smallest absolute Gasteiger partial charge is 0.146 e. The molecule has 0 aliphatic rings. The molecule has 0 aliphatic heterocycles. The molecule has 0 aromatic heterocycles. The second-order valence-electron chi connectivity index (χ2n) is 3.78. The molecule has 0 heterocycles. The SMILES string of the molecule is C[C@H](O)c1ccc(Oc2ccccc2Cl)cc1. The van der Waals surface area contributed by atoms with Gasteiger partial charge in [-0.2, -0.15) is 0 Å². The molecule has 2 aromatic carbocycles. The topological polar surface area (TPSA) is 29.5 Å². The van der Waals surface area contributed by atoms with Crippen LogP contribution in [0.3, 0.4) is 0 Å². The Labute approximate surface area is 105 Å². The number of aliphatic hydroxyl groups excluding tert-OH is 1. The van der Waals surface area contributed by atoms with Crippen LogP contribution in [0.15, 0.2) is 48.5 Å². The summed E-state index contributed by atoms with van der Waals surface area (Å²) in [5, 5.41) is 9.96. The Morgan fingerprint density at radius 2 is 1.71 bits per heavy atom. The standard InChI is InChI=1S/C14H13ClO2/c1-10(16)11-6-8-12(9-7-11)17-14-5-3-2-4-13(14)15/h2-10,16H,1H3/t10-/m0/s1. The quantitative estimate of drug-likeness (QED) is 0.883. The minimum Gasteiger partial charge on any atom is -0.456 e. The van der Waals surface area contributed by atoms with Gasteiger partial charge in [0, 0.05) is 0 Å². The lowest BCUT2D eigenvalue weighted by atomic mass is 10.1. The zero-order chi connectivity index (χ0) is 12.3. The number of hydrogen-bond acceptors (Lipinski definition) is 2. The largest absolute Gasteiger partial charge is 0.456 e.